The summed E-state index contributed by atoms with van der Waals surface area (Å²) in [6.07, 6.45) is 0.536. The zero-order valence-electron chi connectivity index (χ0n) is 10.8. The Hall–Kier alpha value is -0.750. The molecule has 0 heterocycles. The standard InChI is InChI=1S/C11H21NO4S/c1-11(2,10(14)16-4)7-17-6-5-8(12)9(13)15-3/h8H,5-7,12H2,1-4H3. The first-order valence-electron chi connectivity index (χ1n) is 5.34. The van der Waals surface area contributed by atoms with Gasteiger partial charge >= 0.3 is 11.9 Å². The molecule has 0 aliphatic carbocycles. The molecule has 0 spiro atoms. The fourth-order valence-electron chi connectivity index (χ4n) is 1.14. The molecule has 0 aliphatic heterocycles. The molecule has 0 bridgehead atoms. The predicted molar refractivity (Wildman–Crippen MR) is 67.7 cm³/mol. The van der Waals surface area contributed by atoms with Crippen molar-refractivity contribution in [3.63, 3.8) is 0 Å². The summed E-state index contributed by atoms with van der Waals surface area (Å²) in [7, 11) is 2.69. The second-order valence-electron chi connectivity index (χ2n) is 4.35. The minimum atomic E-state index is -0.589. The van der Waals surface area contributed by atoms with E-state index in [9.17, 15) is 9.59 Å². The van der Waals surface area contributed by atoms with E-state index in [1.165, 1.54) is 14.2 Å². The summed E-state index contributed by atoms with van der Waals surface area (Å²) in [5.41, 5.74) is 5.06. The first-order chi connectivity index (χ1) is 7.85. The van der Waals surface area contributed by atoms with Crippen molar-refractivity contribution in [1.82, 2.24) is 0 Å². The third kappa shape index (κ3) is 5.93. The minimum Gasteiger partial charge on any atom is -0.469 e. The van der Waals surface area contributed by atoms with E-state index in [-0.39, 0.29) is 5.97 Å². The van der Waals surface area contributed by atoms with Crippen LogP contribution in [0.25, 0.3) is 0 Å². The van der Waals surface area contributed by atoms with Crippen molar-refractivity contribution >= 4 is 23.7 Å². The summed E-state index contributed by atoms with van der Waals surface area (Å²) >= 11 is 1.57. The van der Waals surface area contributed by atoms with Crippen molar-refractivity contribution in [3.8, 4) is 0 Å². The summed E-state index contributed by atoms with van der Waals surface area (Å²) in [6.45, 7) is 3.65. The summed E-state index contributed by atoms with van der Waals surface area (Å²) in [5, 5.41) is 0. The number of ether oxygens (including phenoxy) is 2. The van der Waals surface area contributed by atoms with Crippen LogP contribution < -0.4 is 5.73 Å². The molecule has 0 aromatic carbocycles. The average Bonchev–Trinajstić information content (AvgIpc) is 2.31. The molecule has 0 rings (SSSR count). The number of hydrogen-bond donors (Lipinski definition) is 1. The highest BCUT2D eigenvalue weighted by Gasteiger charge is 2.28. The second kappa shape index (κ2) is 7.55. The summed E-state index contributed by atoms with van der Waals surface area (Å²) in [5.74, 6) is 0.699. The van der Waals surface area contributed by atoms with Crippen molar-refractivity contribution in [3.05, 3.63) is 0 Å². The fraction of sp³-hybridized carbons (Fsp3) is 0.818. The van der Waals surface area contributed by atoms with Gasteiger partial charge in [-0.25, -0.2) is 0 Å². The van der Waals surface area contributed by atoms with Gasteiger partial charge in [0.05, 0.1) is 19.6 Å². The third-order valence-electron chi connectivity index (χ3n) is 2.28. The van der Waals surface area contributed by atoms with Crippen LogP contribution in [-0.4, -0.2) is 43.7 Å². The zero-order valence-corrected chi connectivity index (χ0v) is 11.6. The molecule has 2 N–H and O–H groups in total. The fourth-order valence-corrected chi connectivity index (χ4v) is 2.34. The largest absolute Gasteiger partial charge is 0.469 e. The van der Waals surface area contributed by atoms with Gasteiger partial charge in [-0.3, -0.25) is 9.59 Å². The van der Waals surface area contributed by atoms with Crippen LogP contribution in [0.2, 0.25) is 0 Å². The van der Waals surface area contributed by atoms with Crippen LogP contribution in [0.3, 0.4) is 0 Å². The van der Waals surface area contributed by atoms with E-state index >= 15 is 0 Å². The summed E-state index contributed by atoms with van der Waals surface area (Å²) < 4.78 is 9.22. The zero-order chi connectivity index (χ0) is 13.5. The first kappa shape index (κ1) is 16.2. The van der Waals surface area contributed by atoms with E-state index in [0.717, 1.165) is 0 Å². The molecule has 0 radical (unpaired) electrons. The molecule has 0 amide bonds. The van der Waals surface area contributed by atoms with Gasteiger partial charge in [0.1, 0.15) is 6.04 Å². The second-order valence-corrected chi connectivity index (χ2v) is 5.45. The molecule has 1 unspecified atom stereocenters. The maximum Gasteiger partial charge on any atom is 0.322 e. The van der Waals surface area contributed by atoms with Gasteiger partial charge < -0.3 is 15.2 Å². The Labute approximate surface area is 106 Å². The van der Waals surface area contributed by atoms with Crippen molar-refractivity contribution in [2.45, 2.75) is 26.3 Å². The van der Waals surface area contributed by atoms with E-state index in [0.29, 0.717) is 17.9 Å². The van der Waals surface area contributed by atoms with Gasteiger partial charge in [-0.1, -0.05) is 0 Å². The maximum absolute atomic E-state index is 11.4. The molecule has 0 aliphatic rings. The van der Waals surface area contributed by atoms with Crippen LogP contribution >= 0.6 is 11.8 Å². The molecule has 100 valence electrons. The molecule has 0 fully saturated rings. The number of carbonyl (C=O) groups excluding carboxylic acids is 2. The van der Waals surface area contributed by atoms with Crippen molar-refractivity contribution in [1.29, 1.82) is 0 Å². The molecule has 17 heavy (non-hydrogen) atoms. The highest BCUT2D eigenvalue weighted by atomic mass is 32.2. The lowest BCUT2D eigenvalue weighted by molar-refractivity contribution is -0.149. The van der Waals surface area contributed by atoms with Gasteiger partial charge in [0, 0.05) is 5.75 Å². The van der Waals surface area contributed by atoms with E-state index < -0.39 is 17.4 Å². The number of methoxy groups -OCH3 is 2. The highest BCUT2D eigenvalue weighted by Crippen LogP contribution is 2.23. The number of nitrogens with two attached hydrogens (primary N) is 1. The average molecular weight is 263 g/mol. The van der Waals surface area contributed by atoms with Crippen molar-refractivity contribution in [2.75, 3.05) is 25.7 Å². The van der Waals surface area contributed by atoms with E-state index in [1.54, 1.807) is 11.8 Å². The van der Waals surface area contributed by atoms with Gasteiger partial charge in [-0.2, -0.15) is 11.8 Å². The molecule has 1 atom stereocenters. The first-order valence-corrected chi connectivity index (χ1v) is 6.50. The summed E-state index contributed by atoms with van der Waals surface area (Å²) in [4.78, 5) is 22.4. The number of rotatable bonds is 7. The van der Waals surface area contributed by atoms with Gasteiger partial charge in [-0.05, 0) is 26.0 Å². The Balaban J connectivity index is 3.85. The van der Waals surface area contributed by atoms with E-state index in [1.807, 2.05) is 13.8 Å². The molecule has 0 saturated carbocycles. The Morgan fingerprint density at radius 3 is 2.35 bits per heavy atom. The van der Waals surface area contributed by atoms with Crippen LogP contribution in [0, 0.1) is 5.41 Å². The van der Waals surface area contributed by atoms with Gasteiger partial charge in [0.25, 0.3) is 0 Å². The Kier molecular flexibility index (Phi) is 7.22. The van der Waals surface area contributed by atoms with Crippen LogP contribution in [0.5, 0.6) is 0 Å². The Bertz CT molecular complexity index is 268. The van der Waals surface area contributed by atoms with Crippen LogP contribution in [0.1, 0.15) is 20.3 Å². The van der Waals surface area contributed by atoms with E-state index in [4.69, 9.17) is 10.5 Å². The lowest BCUT2D eigenvalue weighted by Gasteiger charge is -2.20. The van der Waals surface area contributed by atoms with Crippen LogP contribution in [-0.2, 0) is 19.1 Å². The quantitative estimate of drug-likeness (QED) is 0.541. The maximum atomic E-state index is 11.4. The molecule has 0 aromatic rings. The van der Waals surface area contributed by atoms with Crippen molar-refractivity contribution < 1.29 is 19.1 Å². The molecule has 0 aromatic heterocycles. The molecular formula is C11H21NO4S. The molecule has 5 nitrogen and oxygen atoms in total. The lowest BCUT2D eigenvalue weighted by atomic mass is 9.97. The monoisotopic (exact) mass is 263 g/mol. The summed E-state index contributed by atoms with van der Waals surface area (Å²) in [6, 6.07) is -0.589. The van der Waals surface area contributed by atoms with Crippen molar-refractivity contribution in [2.24, 2.45) is 11.1 Å². The lowest BCUT2D eigenvalue weighted by Crippen LogP contribution is -2.32. The number of esters is 2. The number of hydrogen-bond acceptors (Lipinski definition) is 6. The van der Waals surface area contributed by atoms with E-state index in [2.05, 4.69) is 4.74 Å². The van der Waals surface area contributed by atoms with Gasteiger partial charge in [-0.15, -0.1) is 0 Å². The number of carbonyl (C=O) groups is 2. The van der Waals surface area contributed by atoms with Gasteiger partial charge in [0.2, 0.25) is 0 Å². The Morgan fingerprint density at radius 1 is 1.29 bits per heavy atom. The smallest absolute Gasteiger partial charge is 0.322 e. The highest BCUT2D eigenvalue weighted by molar-refractivity contribution is 7.99. The molecule has 0 saturated heterocycles. The molecule has 6 heteroatoms. The Morgan fingerprint density at radius 2 is 1.88 bits per heavy atom. The third-order valence-corrected chi connectivity index (χ3v) is 3.73. The SMILES string of the molecule is COC(=O)C(N)CCSCC(C)(C)C(=O)OC. The predicted octanol–water partition coefficient (Wildman–Crippen LogP) is 0.809. The molecular weight excluding hydrogens is 242 g/mol. The van der Waals surface area contributed by atoms with Crippen LogP contribution in [0.15, 0.2) is 0 Å². The topological polar surface area (TPSA) is 78.6 Å². The normalized spacial score (nSPS) is 13.0. The number of thioether (sulfide) groups is 1. The van der Waals surface area contributed by atoms with Gasteiger partial charge in [0.15, 0.2) is 0 Å². The van der Waals surface area contributed by atoms with Crippen LogP contribution in [0.4, 0.5) is 0 Å². The minimum absolute atomic E-state index is 0.234.